The quantitative estimate of drug-likeness (QED) is 0.858. The van der Waals surface area contributed by atoms with Crippen molar-refractivity contribution in [3.63, 3.8) is 0 Å². The van der Waals surface area contributed by atoms with Gasteiger partial charge in [-0.15, -0.1) is 12.4 Å². The molecule has 0 bridgehead atoms. The molecule has 1 N–H and O–H groups in total. The third-order valence-electron chi connectivity index (χ3n) is 5.76. The number of carbonyl (C=O) groups excluding carboxylic acids is 1. The van der Waals surface area contributed by atoms with E-state index in [0.717, 1.165) is 44.0 Å². The van der Waals surface area contributed by atoms with Crippen LogP contribution in [-0.4, -0.2) is 35.4 Å². The van der Waals surface area contributed by atoms with Crippen molar-refractivity contribution in [3.05, 3.63) is 30.1 Å². The highest BCUT2D eigenvalue weighted by molar-refractivity contribution is 5.85. The minimum absolute atomic E-state index is 0. The van der Waals surface area contributed by atoms with E-state index < -0.39 is 0 Å². The summed E-state index contributed by atoms with van der Waals surface area (Å²) < 4.78 is 0. The normalized spacial score (nSPS) is 26.8. The van der Waals surface area contributed by atoms with Crippen LogP contribution in [-0.2, 0) is 4.79 Å². The number of nitrogens with one attached hydrogen (secondary N) is 1. The van der Waals surface area contributed by atoms with Gasteiger partial charge in [-0.1, -0.05) is 32.3 Å². The predicted octanol–water partition coefficient (Wildman–Crippen LogP) is 3.97. The van der Waals surface area contributed by atoms with Gasteiger partial charge in [-0.05, 0) is 43.2 Å². The Balaban J connectivity index is 0.00000225. The van der Waals surface area contributed by atoms with Gasteiger partial charge in [-0.2, -0.15) is 0 Å². The van der Waals surface area contributed by atoms with Crippen molar-refractivity contribution in [1.82, 2.24) is 15.2 Å². The Bertz CT molecular complexity index is 517. The lowest BCUT2D eigenvalue weighted by molar-refractivity contribution is -0.140. The molecule has 25 heavy (non-hydrogen) atoms. The van der Waals surface area contributed by atoms with Gasteiger partial charge in [0.25, 0.3) is 0 Å². The lowest BCUT2D eigenvalue weighted by Gasteiger charge is -2.39. The van der Waals surface area contributed by atoms with E-state index in [1.807, 2.05) is 12.3 Å². The molecule has 1 saturated heterocycles. The van der Waals surface area contributed by atoms with Crippen LogP contribution >= 0.6 is 12.4 Å². The van der Waals surface area contributed by atoms with Crippen molar-refractivity contribution in [2.45, 2.75) is 57.9 Å². The molecule has 2 fully saturated rings. The predicted molar refractivity (Wildman–Crippen MR) is 104 cm³/mol. The van der Waals surface area contributed by atoms with Gasteiger partial charge in [0.05, 0.1) is 6.04 Å². The summed E-state index contributed by atoms with van der Waals surface area (Å²) in [6, 6.07) is 4.19. The lowest BCUT2D eigenvalue weighted by Crippen LogP contribution is -2.50. The van der Waals surface area contributed by atoms with Gasteiger partial charge >= 0.3 is 0 Å². The molecule has 1 aliphatic heterocycles. The van der Waals surface area contributed by atoms with Crippen LogP contribution in [0, 0.1) is 11.8 Å². The summed E-state index contributed by atoms with van der Waals surface area (Å²) in [7, 11) is 0. The number of aromatic nitrogens is 1. The molecule has 0 spiro atoms. The second-order valence-electron chi connectivity index (χ2n) is 7.40. The number of hydrogen-bond acceptors (Lipinski definition) is 3. The highest BCUT2D eigenvalue weighted by Crippen LogP contribution is 2.34. The van der Waals surface area contributed by atoms with Gasteiger partial charge in [-0.25, -0.2) is 0 Å². The first-order valence-electron chi connectivity index (χ1n) is 9.70. The molecule has 0 radical (unpaired) electrons. The molecule has 0 aromatic carbocycles. The Kier molecular flexibility index (Phi) is 8.17. The van der Waals surface area contributed by atoms with Crippen LogP contribution in [0.4, 0.5) is 0 Å². The highest BCUT2D eigenvalue weighted by Gasteiger charge is 2.34. The van der Waals surface area contributed by atoms with Crippen LogP contribution in [0.1, 0.15) is 63.5 Å². The van der Waals surface area contributed by atoms with E-state index in [1.54, 1.807) is 6.20 Å². The summed E-state index contributed by atoms with van der Waals surface area (Å²) in [4.78, 5) is 19.5. The molecular weight excluding hydrogens is 334 g/mol. The maximum atomic E-state index is 13.1. The number of piperazine rings is 1. The molecule has 1 saturated carbocycles. The fourth-order valence-corrected chi connectivity index (χ4v) is 4.26. The molecule has 3 rings (SSSR count). The van der Waals surface area contributed by atoms with Crippen molar-refractivity contribution >= 4 is 18.3 Å². The smallest absolute Gasteiger partial charge is 0.226 e. The lowest BCUT2D eigenvalue weighted by atomic mass is 9.79. The molecule has 1 aromatic rings. The molecule has 2 heterocycles. The number of unbranched alkanes of at least 4 members (excludes halogenated alkanes) is 1. The molecule has 5 heteroatoms. The first-order chi connectivity index (χ1) is 11.8. The molecule has 1 atom stereocenters. The maximum Gasteiger partial charge on any atom is 0.226 e. The molecule has 1 unspecified atom stereocenters. The van der Waals surface area contributed by atoms with E-state index in [1.165, 1.54) is 32.1 Å². The van der Waals surface area contributed by atoms with Crippen LogP contribution in [0.3, 0.4) is 0 Å². The first kappa shape index (κ1) is 20.2. The number of pyridine rings is 1. The third-order valence-corrected chi connectivity index (χ3v) is 5.76. The largest absolute Gasteiger partial charge is 0.333 e. The summed E-state index contributed by atoms with van der Waals surface area (Å²) in [6.45, 7) is 4.81. The van der Waals surface area contributed by atoms with Crippen molar-refractivity contribution in [2.75, 3.05) is 19.6 Å². The van der Waals surface area contributed by atoms with Crippen molar-refractivity contribution in [3.8, 4) is 0 Å². The maximum absolute atomic E-state index is 13.1. The van der Waals surface area contributed by atoms with Gasteiger partial charge in [0, 0.05) is 37.9 Å². The number of nitrogens with zero attached hydrogens (tertiary/aromatic N) is 2. The van der Waals surface area contributed by atoms with E-state index in [2.05, 4.69) is 28.2 Å². The van der Waals surface area contributed by atoms with E-state index in [0.29, 0.717) is 5.91 Å². The number of amides is 1. The zero-order chi connectivity index (χ0) is 16.8. The number of rotatable bonds is 5. The Morgan fingerprint density at radius 1 is 1.32 bits per heavy atom. The summed E-state index contributed by atoms with van der Waals surface area (Å²) in [5.74, 6) is 1.46. The molecule has 4 nitrogen and oxygen atoms in total. The summed E-state index contributed by atoms with van der Waals surface area (Å²) >= 11 is 0. The van der Waals surface area contributed by atoms with Gasteiger partial charge in [0.15, 0.2) is 0 Å². The van der Waals surface area contributed by atoms with Crippen LogP contribution in [0.5, 0.6) is 0 Å². The molecule has 1 aliphatic carbocycles. The summed E-state index contributed by atoms with van der Waals surface area (Å²) in [5.41, 5.74) is 1.15. The summed E-state index contributed by atoms with van der Waals surface area (Å²) in [5, 5.41) is 3.43. The topological polar surface area (TPSA) is 45.2 Å². The highest BCUT2D eigenvalue weighted by atomic mass is 35.5. The Morgan fingerprint density at radius 2 is 2.12 bits per heavy atom. The van der Waals surface area contributed by atoms with E-state index in [9.17, 15) is 4.79 Å². The zero-order valence-corrected chi connectivity index (χ0v) is 16.1. The fourth-order valence-electron chi connectivity index (χ4n) is 4.26. The average Bonchev–Trinajstić information content (AvgIpc) is 2.67. The van der Waals surface area contributed by atoms with Gasteiger partial charge in [-0.3, -0.25) is 9.78 Å². The second-order valence-corrected chi connectivity index (χ2v) is 7.40. The number of halogens is 1. The van der Waals surface area contributed by atoms with E-state index in [4.69, 9.17) is 0 Å². The number of carbonyl (C=O) groups is 1. The van der Waals surface area contributed by atoms with Crippen LogP contribution in [0.25, 0.3) is 0 Å². The Labute approximate surface area is 158 Å². The van der Waals surface area contributed by atoms with Gasteiger partial charge in [0.2, 0.25) is 5.91 Å². The van der Waals surface area contributed by atoms with E-state index in [-0.39, 0.29) is 24.4 Å². The fraction of sp³-hybridized carbons (Fsp3) is 0.700. The van der Waals surface area contributed by atoms with Crippen molar-refractivity contribution in [2.24, 2.45) is 11.8 Å². The third kappa shape index (κ3) is 5.18. The van der Waals surface area contributed by atoms with Crippen LogP contribution < -0.4 is 5.32 Å². The molecular formula is C20H32ClN3O. The monoisotopic (exact) mass is 365 g/mol. The average molecular weight is 366 g/mol. The minimum atomic E-state index is 0. The Hall–Kier alpha value is -1.13. The van der Waals surface area contributed by atoms with Crippen LogP contribution in [0.15, 0.2) is 24.5 Å². The molecule has 2 aliphatic rings. The van der Waals surface area contributed by atoms with Crippen LogP contribution in [0.2, 0.25) is 0 Å². The molecule has 1 aromatic heterocycles. The first-order valence-corrected chi connectivity index (χ1v) is 9.70. The standard InChI is InChI=1S/C20H31N3O.ClH/c1-2-3-5-16-7-9-17(10-8-16)20(24)23-13-12-22-15-19(23)18-6-4-11-21-14-18;/h4,6,11,14,16-17,19,22H,2-3,5,7-10,12-13,15H2,1H3;1H. The van der Waals surface area contributed by atoms with Gasteiger partial charge in [0.1, 0.15) is 0 Å². The Morgan fingerprint density at radius 3 is 2.80 bits per heavy atom. The minimum Gasteiger partial charge on any atom is -0.333 e. The molecule has 1 amide bonds. The van der Waals surface area contributed by atoms with Crippen molar-refractivity contribution < 1.29 is 4.79 Å². The summed E-state index contributed by atoms with van der Waals surface area (Å²) in [6.07, 6.45) is 12.3. The second kappa shape index (κ2) is 10.1. The van der Waals surface area contributed by atoms with Crippen molar-refractivity contribution in [1.29, 1.82) is 0 Å². The van der Waals surface area contributed by atoms with Gasteiger partial charge < -0.3 is 10.2 Å². The van der Waals surface area contributed by atoms with E-state index >= 15 is 0 Å². The zero-order valence-electron chi connectivity index (χ0n) is 15.3. The molecule has 140 valence electrons. The number of hydrogen-bond donors (Lipinski definition) is 1. The SMILES string of the molecule is CCCCC1CCC(C(=O)N2CCNCC2c2cccnc2)CC1.Cl.